The summed E-state index contributed by atoms with van der Waals surface area (Å²) in [6, 6.07) is 9.43. The van der Waals surface area contributed by atoms with Gasteiger partial charge in [0.25, 0.3) is 0 Å². The van der Waals surface area contributed by atoms with E-state index in [0.717, 1.165) is 11.3 Å². The third-order valence-corrected chi connectivity index (χ3v) is 2.93. The molecule has 3 rings (SSSR count). The molecule has 6 nitrogen and oxygen atoms in total. The fourth-order valence-corrected chi connectivity index (χ4v) is 1.99. The van der Waals surface area contributed by atoms with Crippen molar-refractivity contribution in [1.29, 1.82) is 5.26 Å². The summed E-state index contributed by atoms with van der Waals surface area (Å²) in [4.78, 5) is 16.0. The molecular formula is C13H9N5O. The number of benzene rings is 1. The molecule has 0 saturated heterocycles. The Morgan fingerprint density at radius 3 is 3.11 bits per heavy atom. The topological polar surface area (TPSA) is 93.9 Å². The summed E-state index contributed by atoms with van der Waals surface area (Å²) in [5.74, 6) is -0.200. The summed E-state index contributed by atoms with van der Waals surface area (Å²) in [6.07, 6.45) is 2.92. The maximum atomic E-state index is 11.9. The Balaban J connectivity index is 1.92. The number of nitrogens with zero attached hydrogens (tertiary/aromatic N) is 3. The van der Waals surface area contributed by atoms with Crippen LogP contribution in [0.5, 0.6) is 0 Å². The first-order valence-corrected chi connectivity index (χ1v) is 5.67. The van der Waals surface area contributed by atoms with E-state index in [1.54, 1.807) is 0 Å². The lowest BCUT2D eigenvalue weighted by atomic mass is 10.0. The molecule has 0 aliphatic carbocycles. The van der Waals surface area contributed by atoms with Gasteiger partial charge in [-0.15, -0.1) is 0 Å². The van der Waals surface area contributed by atoms with Crippen LogP contribution in [0.2, 0.25) is 0 Å². The molecule has 6 heteroatoms. The van der Waals surface area contributed by atoms with Crippen LogP contribution in [0.25, 0.3) is 0 Å². The van der Waals surface area contributed by atoms with Gasteiger partial charge in [0, 0.05) is 11.9 Å². The van der Waals surface area contributed by atoms with E-state index in [4.69, 9.17) is 5.26 Å². The maximum Gasteiger partial charge on any atom is 0.237 e. The van der Waals surface area contributed by atoms with Crippen LogP contribution in [0.4, 0.5) is 11.5 Å². The Bertz CT molecular complexity index is 710. The lowest BCUT2D eigenvalue weighted by molar-refractivity contribution is -0.115. The van der Waals surface area contributed by atoms with Gasteiger partial charge in [0.2, 0.25) is 5.91 Å². The Morgan fingerprint density at radius 2 is 2.26 bits per heavy atom. The van der Waals surface area contributed by atoms with Crippen LogP contribution in [-0.4, -0.2) is 22.3 Å². The van der Waals surface area contributed by atoms with Crippen molar-refractivity contribution in [3.8, 4) is 6.07 Å². The third-order valence-electron chi connectivity index (χ3n) is 2.93. The van der Waals surface area contributed by atoms with Crippen molar-refractivity contribution in [2.45, 2.75) is 5.92 Å². The number of aromatic nitrogens is 2. The lowest BCUT2D eigenvalue weighted by Gasteiger charge is -2.00. The monoisotopic (exact) mass is 251 g/mol. The van der Waals surface area contributed by atoms with Gasteiger partial charge in [-0.3, -0.25) is 9.89 Å². The molecule has 1 aromatic carbocycles. The van der Waals surface area contributed by atoms with Gasteiger partial charge in [0.15, 0.2) is 5.82 Å². The third kappa shape index (κ3) is 1.87. The Kier molecular flexibility index (Phi) is 2.58. The predicted octanol–water partition coefficient (Wildman–Crippen LogP) is 1.72. The van der Waals surface area contributed by atoms with Gasteiger partial charge in [0.1, 0.15) is 17.6 Å². The van der Waals surface area contributed by atoms with E-state index in [9.17, 15) is 4.79 Å². The molecule has 1 atom stereocenters. The molecule has 1 amide bonds. The number of amides is 1. The molecule has 1 unspecified atom stereocenters. The number of carbonyl (C=O) groups is 1. The fourth-order valence-electron chi connectivity index (χ4n) is 1.99. The van der Waals surface area contributed by atoms with E-state index >= 15 is 0 Å². The quantitative estimate of drug-likeness (QED) is 0.795. The minimum Gasteiger partial charge on any atom is -0.325 e. The highest BCUT2D eigenvalue weighted by atomic mass is 16.2. The molecule has 0 bridgehead atoms. The molecule has 92 valence electrons. The van der Waals surface area contributed by atoms with E-state index in [0.29, 0.717) is 11.4 Å². The van der Waals surface area contributed by atoms with Crippen LogP contribution >= 0.6 is 0 Å². The zero-order valence-electron chi connectivity index (χ0n) is 9.79. The first kappa shape index (κ1) is 11.2. The standard InChI is InChI=1S/C13H9N5O/c14-5-8-6-16-18-12(8)15-7-10-9-3-1-2-4-11(9)17-13(10)19/h1-4,6-7,10H,(H,16,18)(H,17,19). The number of anilines is 1. The van der Waals surface area contributed by atoms with E-state index in [1.807, 2.05) is 30.3 Å². The molecule has 0 spiro atoms. The van der Waals surface area contributed by atoms with Gasteiger partial charge >= 0.3 is 0 Å². The van der Waals surface area contributed by atoms with Gasteiger partial charge in [-0.1, -0.05) is 18.2 Å². The molecule has 0 fully saturated rings. The van der Waals surface area contributed by atoms with Crippen molar-refractivity contribution in [1.82, 2.24) is 10.2 Å². The summed E-state index contributed by atoms with van der Waals surface area (Å²) in [6.45, 7) is 0. The average Bonchev–Trinajstić information content (AvgIpc) is 2.99. The molecule has 19 heavy (non-hydrogen) atoms. The zero-order valence-corrected chi connectivity index (χ0v) is 9.79. The fraction of sp³-hybridized carbons (Fsp3) is 0.0769. The minimum atomic E-state index is -0.439. The average molecular weight is 251 g/mol. The largest absolute Gasteiger partial charge is 0.325 e. The number of aliphatic imine (C=N–C) groups is 1. The summed E-state index contributed by atoms with van der Waals surface area (Å²) < 4.78 is 0. The van der Waals surface area contributed by atoms with E-state index < -0.39 is 5.92 Å². The number of carbonyl (C=O) groups excluding carboxylic acids is 1. The smallest absolute Gasteiger partial charge is 0.237 e. The number of fused-ring (bicyclic) bond motifs is 1. The van der Waals surface area contributed by atoms with Crippen molar-refractivity contribution in [3.05, 3.63) is 41.6 Å². The van der Waals surface area contributed by atoms with E-state index in [1.165, 1.54) is 12.4 Å². The van der Waals surface area contributed by atoms with E-state index in [-0.39, 0.29) is 5.91 Å². The van der Waals surface area contributed by atoms with Crippen LogP contribution < -0.4 is 5.32 Å². The minimum absolute atomic E-state index is 0.122. The van der Waals surface area contributed by atoms with Crippen molar-refractivity contribution in [2.75, 3.05) is 5.32 Å². The molecule has 1 aromatic heterocycles. The number of nitrogens with one attached hydrogen (secondary N) is 2. The SMILES string of the molecule is N#Cc1cn[nH]c1N=CC1C(=O)Nc2ccccc21. The number of hydrogen-bond donors (Lipinski definition) is 2. The van der Waals surface area contributed by atoms with Crippen LogP contribution in [0.15, 0.2) is 35.5 Å². The van der Waals surface area contributed by atoms with Crippen molar-refractivity contribution < 1.29 is 4.79 Å². The summed E-state index contributed by atoms with van der Waals surface area (Å²) >= 11 is 0. The van der Waals surface area contributed by atoms with Gasteiger partial charge in [-0.25, -0.2) is 4.99 Å². The van der Waals surface area contributed by atoms with Crippen molar-refractivity contribution in [3.63, 3.8) is 0 Å². The Morgan fingerprint density at radius 1 is 1.42 bits per heavy atom. The summed E-state index contributed by atoms with van der Waals surface area (Å²) in [7, 11) is 0. The number of aromatic amines is 1. The summed E-state index contributed by atoms with van der Waals surface area (Å²) in [5.41, 5.74) is 2.03. The molecule has 2 N–H and O–H groups in total. The number of para-hydroxylation sites is 1. The highest BCUT2D eigenvalue weighted by Gasteiger charge is 2.28. The Hall–Kier alpha value is -2.94. The summed E-state index contributed by atoms with van der Waals surface area (Å²) in [5, 5.41) is 18.0. The van der Waals surface area contributed by atoms with Gasteiger partial charge in [0.05, 0.1) is 6.20 Å². The molecule has 2 heterocycles. The van der Waals surface area contributed by atoms with Crippen LogP contribution in [0, 0.1) is 11.3 Å². The molecular weight excluding hydrogens is 242 g/mol. The number of rotatable bonds is 2. The number of hydrogen-bond acceptors (Lipinski definition) is 4. The zero-order chi connectivity index (χ0) is 13.2. The predicted molar refractivity (Wildman–Crippen MR) is 69.3 cm³/mol. The molecule has 0 radical (unpaired) electrons. The highest BCUT2D eigenvalue weighted by Crippen LogP contribution is 2.31. The number of nitriles is 1. The van der Waals surface area contributed by atoms with Crippen LogP contribution in [-0.2, 0) is 4.79 Å². The van der Waals surface area contributed by atoms with Crippen LogP contribution in [0.3, 0.4) is 0 Å². The maximum absolute atomic E-state index is 11.9. The lowest BCUT2D eigenvalue weighted by Crippen LogP contribution is -2.12. The first-order valence-electron chi connectivity index (χ1n) is 5.67. The highest BCUT2D eigenvalue weighted by molar-refractivity contribution is 6.12. The Labute approximate surface area is 108 Å². The molecule has 1 aliphatic rings. The second kappa shape index (κ2) is 4.38. The van der Waals surface area contributed by atoms with Crippen molar-refractivity contribution in [2.24, 2.45) is 4.99 Å². The van der Waals surface area contributed by atoms with Gasteiger partial charge in [-0.05, 0) is 11.6 Å². The normalized spacial score (nSPS) is 17.2. The van der Waals surface area contributed by atoms with Gasteiger partial charge in [-0.2, -0.15) is 10.4 Å². The van der Waals surface area contributed by atoms with E-state index in [2.05, 4.69) is 20.5 Å². The van der Waals surface area contributed by atoms with Crippen molar-refractivity contribution >= 4 is 23.6 Å². The molecule has 1 aliphatic heterocycles. The number of H-pyrrole nitrogens is 1. The van der Waals surface area contributed by atoms with Gasteiger partial charge < -0.3 is 5.32 Å². The first-order chi connectivity index (χ1) is 9.29. The second-order valence-corrected chi connectivity index (χ2v) is 4.08. The molecule has 2 aromatic rings. The second-order valence-electron chi connectivity index (χ2n) is 4.08. The van der Waals surface area contributed by atoms with Crippen LogP contribution in [0.1, 0.15) is 17.0 Å². The molecule has 0 saturated carbocycles.